The molecule has 1 amide bonds. The van der Waals surface area contributed by atoms with Crippen molar-refractivity contribution in [3.05, 3.63) is 34.3 Å². The highest BCUT2D eigenvalue weighted by Crippen LogP contribution is 2.11. The fourth-order valence-electron chi connectivity index (χ4n) is 1.33. The molecule has 0 fully saturated rings. The summed E-state index contributed by atoms with van der Waals surface area (Å²) in [7, 11) is 0. The lowest BCUT2D eigenvalue weighted by Crippen LogP contribution is -2.27. The molecule has 0 unspecified atom stereocenters. The van der Waals surface area contributed by atoms with Crippen molar-refractivity contribution in [3.63, 3.8) is 0 Å². The Morgan fingerprint density at radius 3 is 2.21 bits per heavy atom. The van der Waals surface area contributed by atoms with Gasteiger partial charge in [-0.05, 0) is 17.7 Å². The van der Waals surface area contributed by atoms with Gasteiger partial charge in [-0.25, -0.2) is 0 Å². The van der Waals surface area contributed by atoms with Crippen molar-refractivity contribution in [2.45, 2.75) is 12.8 Å². The quantitative estimate of drug-likeness (QED) is 0.350. The van der Waals surface area contributed by atoms with Crippen LogP contribution >= 0.6 is 15.9 Å². The van der Waals surface area contributed by atoms with E-state index in [1.165, 1.54) is 0 Å². The fraction of sp³-hybridized carbons (Fsp3) is 0.167. The van der Waals surface area contributed by atoms with Crippen molar-refractivity contribution in [1.29, 1.82) is 0 Å². The monoisotopic (exact) mass is 325 g/mol. The Balaban J connectivity index is 2.56. The molecule has 19 heavy (non-hydrogen) atoms. The summed E-state index contributed by atoms with van der Waals surface area (Å²) in [5, 5.41) is 0. The van der Waals surface area contributed by atoms with E-state index in [1.54, 1.807) is 24.3 Å². The number of carbonyl (C=O) groups excluding carboxylic acids is 3. The number of amides is 1. The van der Waals surface area contributed by atoms with Crippen LogP contribution in [0.1, 0.15) is 12.0 Å². The van der Waals surface area contributed by atoms with Crippen molar-refractivity contribution < 1.29 is 14.4 Å². The summed E-state index contributed by atoms with van der Waals surface area (Å²) in [4.78, 5) is 37.1. The lowest BCUT2D eigenvalue weighted by Gasteiger charge is -2.00. The maximum atomic E-state index is 11.6. The molecule has 1 rings (SSSR count). The van der Waals surface area contributed by atoms with Gasteiger partial charge in [0.25, 0.3) is 0 Å². The van der Waals surface area contributed by atoms with E-state index in [0.717, 1.165) is 10.0 Å². The van der Waals surface area contributed by atoms with Crippen LogP contribution in [0.4, 0.5) is 0 Å². The number of nitrogens with two attached hydrogens (primary N) is 2. The number of Topliss-reactive ketones (excluding diaryl/α,β-unsaturated/α-hetero) is 2. The van der Waals surface area contributed by atoms with Crippen LogP contribution in [0.3, 0.4) is 0 Å². The molecule has 100 valence electrons. The molecular formula is C12H12BrN3O3. The summed E-state index contributed by atoms with van der Waals surface area (Å²) >= 11 is 3.27. The first-order valence-electron chi connectivity index (χ1n) is 5.31. The van der Waals surface area contributed by atoms with Gasteiger partial charge >= 0.3 is 5.91 Å². The number of nitrogens with zero attached hydrogens (tertiary/aromatic N) is 1. The Morgan fingerprint density at radius 1 is 1.11 bits per heavy atom. The highest BCUT2D eigenvalue weighted by Gasteiger charge is 2.17. The summed E-state index contributed by atoms with van der Waals surface area (Å²) in [6, 6.07) is 7.08. The minimum absolute atomic E-state index is 0.0775. The number of hydrogen-bond donors (Lipinski definition) is 2. The van der Waals surface area contributed by atoms with Gasteiger partial charge < -0.3 is 11.5 Å². The summed E-state index contributed by atoms with van der Waals surface area (Å²) in [5.74, 6) is -2.90. The Morgan fingerprint density at radius 2 is 1.68 bits per heavy atom. The summed E-state index contributed by atoms with van der Waals surface area (Å²) in [6.07, 6.45) is -0.431. The van der Waals surface area contributed by atoms with Crippen LogP contribution in [-0.2, 0) is 20.8 Å². The SMILES string of the molecule is NC(N)=NC(=O)C(=O)CC(=O)Cc1ccc(Br)cc1. The zero-order chi connectivity index (χ0) is 14.4. The van der Waals surface area contributed by atoms with Crippen LogP contribution in [0.15, 0.2) is 33.7 Å². The Bertz CT molecular complexity index is 534. The van der Waals surface area contributed by atoms with Gasteiger partial charge in [0.05, 0.1) is 6.42 Å². The summed E-state index contributed by atoms with van der Waals surface area (Å²) < 4.78 is 0.891. The van der Waals surface area contributed by atoms with Crippen LogP contribution in [0.2, 0.25) is 0 Å². The topological polar surface area (TPSA) is 116 Å². The molecule has 0 spiro atoms. The van der Waals surface area contributed by atoms with Crippen molar-refractivity contribution in [2.75, 3.05) is 0 Å². The highest BCUT2D eigenvalue weighted by atomic mass is 79.9. The average molecular weight is 326 g/mol. The van der Waals surface area contributed by atoms with Gasteiger partial charge in [0, 0.05) is 10.9 Å². The Labute approximate surface area is 118 Å². The van der Waals surface area contributed by atoms with Crippen molar-refractivity contribution in [2.24, 2.45) is 16.5 Å². The second kappa shape index (κ2) is 6.79. The van der Waals surface area contributed by atoms with E-state index < -0.39 is 24.1 Å². The van der Waals surface area contributed by atoms with Crippen LogP contribution in [-0.4, -0.2) is 23.4 Å². The van der Waals surface area contributed by atoms with E-state index in [-0.39, 0.29) is 12.2 Å². The van der Waals surface area contributed by atoms with E-state index in [1.807, 2.05) is 0 Å². The molecule has 1 aromatic rings. The number of carbonyl (C=O) groups is 3. The summed E-state index contributed by atoms with van der Waals surface area (Å²) in [5.41, 5.74) is 10.7. The third-order valence-corrected chi connectivity index (χ3v) is 2.67. The zero-order valence-electron chi connectivity index (χ0n) is 9.93. The molecular weight excluding hydrogens is 314 g/mol. The van der Waals surface area contributed by atoms with Gasteiger partial charge in [-0.15, -0.1) is 0 Å². The van der Waals surface area contributed by atoms with E-state index >= 15 is 0 Å². The van der Waals surface area contributed by atoms with E-state index in [0.29, 0.717) is 0 Å². The van der Waals surface area contributed by atoms with Crippen molar-refractivity contribution >= 4 is 39.4 Å². The van der Waals surface area contributed by atoms with Crippen LogP contribution in [0, 0.1) is 0 Å². The van der Waals surface area contributed by atoms with Gasteiger partial charge in [-0.2, -0.15) is 4.99 Å². The molecule has 6 nitrogen and oxygen atoms in total. The predicted octanol–water partition coefficient (Wildman–Crippen LogP) is 0.320. The van der Waals surface area contributed by atoms with Crippen LogP contribution in [0.25, 0.3) is 0 Å². The van der Waals surface area contributed by atoms with E-state index in [2.05, 4.69) is 20.9 Å². The molecule has 0 aromatic heterocycles. The molecule has 7 heteroatoms. The molecule has 0 atom stereocenters. The second-order valence-corrected chi connectivity index (χ2v) is 4.70. The maximum absolute atomic E-state index is 11.6. The number of hydrogen-bond acceptors (Lipinski definition) is 3. The third kappa shape index (κ3) is 5.43. The molecule has 0 heterocycles. The third-order valence-electron chi connectivity index (χ3n) is 2.14. The molecule has 0 radical (unpaired) electrons. The first-order chi connectivity index (χ1) is 8.88. The molecule has 0 aliphatic rings. The number of halogens is 1. The molecule has 0 saturated carbocycles. The van der Waals surface area contributed by atoms with Gasteiger partial charge in [0.1, 0.15) is 5.78 Å². The smallest absolute Gasteiger partial charge is 0.316 e. The largest absolute Gasteiger partial charge is 0.370 e. The normalized spacial score (nSPS) is 9.74. The highest BCUT2D eigenvalue weighted by molar-refractivity contribution is 9.10. The van der Waals surface area contributed by atoms with Gasteiger partial charge in [-0.3, -0.25) is 14.4 Å². The van der Waals surface area contributed by atoms with Crippen LogP contribution < -0.4 is 11.5 Å². The molecule has 1 aromatic carbocycles. The van der Waals surface area contributed by atoms with Crippen LogP contribution in [0.5, 0.6) is 0 Å². The molecule has 0 aliphatic heterocycles. The second-order valence-electron chi connectivity index (χ2n) is 3.78. The van der Waals surface area contributed by atoms with Gasteiger partial charge in [0.15, 0.2) is 5.96 Å². The molecule has 0 bridgehead atoms. The first-order valence-corrected chi connectivity index (χ1v) is 6.10. The van der Waals surface area contributed by atoms with Gasteiger partial charge in [0.2, 0.25) is 5.78 Å². The minimum atomic E-state index is -1.11. The number of rotatable bonds is 5. The van der Waals surface area contributed by atoms with Crippen molar-refractivity contribution in [1.82, 2.24) is 0 Å². The first kappa shape index (κ1) is 15.0. The average Bonchev–Trinajstić information content (AvgIpc) is 2.31. The number of guanidine groups is 1. The van der Waals surface area contributed by atoms with E-state index in [9.17, 15) is 14.4 Å². The number of aliphatic imine (C=N–C) groups is 1. The minimum Gasteiger partial charge on any atom is -0.370 e. The summed E-state index contributed by atoms with van der Waals surface area (Å²) in [6.45, 7) is 0. The van der Waals surface area contributed by atoms with E-state index in [4.69, 9.17) is 11.5 Å². The lowest BCUT2D eigenvalue weighted by atomic mass is 10.1. The predicted molar refractivity (Wildman–Crippen MR) is 73.3 cm³/mol. The molecule has 0 saturated heterocycles. The molecule has 4 N–H and O–H groups in total. The Kier molecular flexibility index (Phi) is 5.37. The fourth-order valence-corrected chi connectivity index (χ4v) is 1.59. The number of benzene rings is 1. The standard InChI is InChI=1S/C12H12BrN3O3/c13-8-3-1-7(2-4-8)5-9(17)6-10(18)11(19)16-12(14)15/h1-4H,5-6H2,(H4,14,15,16,19). The lowest BCUT2D eigenvalue weighted by molar-refractivity contribution is -0.138. The Hall–Kier alpha value is -2.02. The van der Waals surface area contributed by atoms with Crippen molar-refractivity contribution in [3.8, 4) is 0 Å². The maximum Gasteiger partial charge on any atom is 0.316 e. The van der Waals surface area contributed by atoms with Gasteiger partial charge in [-0.1, -0.05) is 28.1 Å². The zero-order valence-corrected chi connectivity index (χ0v) is 11.5. The molecule has 0 aliphatic carbocycles. The number of ketones is 2.